The number of nitrogens with zero attached hydrogens (tertiary/aromatic N) is 6. The van der Waals surface area contributed by atoms with E-state index in [0.717, 1.165) is 56.1 Å². The molecule has 0 saturated heterocycles. The lowest BCUT2D eigenvalue weighted by molar-refractivity contribution is 0.876. The van der Waals surface area contributed by atoms with Gasteiger partial charge in [-0.15, -0.1) is 0 Å². The van der Waals surface area contributed by atoms with Gasteiger partial charge in [0.15, 0.2) is 0 Å². The Morgan fingerprint density at radius 3 is 2.35 bits per heavy atom. The summed E-state index contributed by atoms with van der Waals surface area (Å²) in [6.07, 6.45) is 5.56. The predicted octanol–water partition coefficient (Wildman–Crippen LogP) is 7.59. The Morgan fingerprint density at radius 1 is 0.625 bits per heavy atom. The summed E-state index contributed by atoms with van der Waals surface area (Å²) in [5.74, 6) is 0.950. The topological polar surface area (TPSA) is 53.5 Å². The second kappa shape index (κ2) is 8.78. The third kappa shape index (κ3) is 3.39. The van der Waals surface area contributed by atoms with Crippen molar-refractivity contribution in [2.45, 2.75) is 0 Å². The number of hydrogen-bond acceptors (Lipinski definition) is 3. The highest BCUT2D eigenvalue weighted by Crippen LogP contribution is 2.36. The van der Waals surface area contributed by atoms with Crippen LogP contribution < -0.4 is 0 Å². The van der Waals surface area contributed by atoms with Gasteiger partial charge in [0.2, 0.25) is 0 Å². The number of aryl methyl sites for hydroxylation is 1. The molecule has 8 rings (SSSR count). The van der Waals surface area contributed by atoms with Crippen LogP contribution in [0.4, 0.5) is 0 Å². The van der Waals surface area contributed by atoms with Crippen LogP contribution >= 0.6 is 0 Å². The molecule has 0 aliphatic rings. The van der Waals surface area contributed by atoms with Crippen molar-refractivity contribution < 1.29 is 0 Å². The largest absolute Gasteiger partial charge is 0.327 e. The van der Waals surface area contributed by atoms with Gasteiger partial charge in [0, 0.05) is 53.2 Å². The summed E-state index contributed by atoms with van der Waals surface area (Å²) in [6.45, 7) is 0. The zero-order valence-corrected chi connectivity index (χ0v) is 21.8. The van der Waals surface area contributed by atoms with E-state index in [9.17, 15) is 0 Å². The van der Waals surface area contributed by atoms with Gasteiger partial charge in [-0.1, -0.05) is 54.6 Å². The smallest absolute Gasteiger partial charge is 0.140 e. The number of hydrogen-bond donors (Lipinski definition) is 0. The molecule has 4 heterocycles. The number of imidazole rings is 1. The first-order chi connectivity index (χ1) is 19.8. The minimum atomic E-state index is 0.884. The Labute approximate surface area is 230 Å². The van der Waals surface area contributed by atoms with E-state index in [0.29, 0.717) is 0 Å². The number of pyridine rings is 1. The van der Waals surface area contributed by atoms with Gasteiger partial charge < -0.3 is 9.13 Å². The number of fused-ring (bicyclic) bond motifs is 4. The van der Waals surface area contributed by atoms with Crippen molar-refractivity contribution in [3.8, 4) is 34.0 Å². The van der Waals surface area contributed by atoms with E-state index in [4.69, 9.17) is 9.97 Å². The van der Waals surface area contributed by atoms with Crippen molar-refractivity contribution in [1.82, 2.24) is 28.9 Å². The second-order valence-electron chi connectivity index (χ2n) is 9.94. The number of aromatic nitrogens is 6. The first-order valence-corrected chi connectivity index (χ1v) is 13.3. The highest BCUT2D eigenvalue weighted by atomic mass is 15.3. The number of para-hydroxylation sites is 3. The summed E-state index contributed by atoms with van der Waals surface area (Å²) in [6, 6.07) is 38.0. The fraction of sp³-hybridized carbons (Fsp3) is 0.0294. The maximum atomic E-state index is 4.97. The molecule has 40 heavy (non-hydrogen) atoms. The molecule has 190 valence electrons. The molecule has 4 aromatic heterocycles. The molecule has 0 radical (unpaired) electrons. The standard InChI is InChI=1S/C34H24N6/c1-38-30-14-5-3-12-28(30)37-34(38)24-16-17-27-26-11-2-4-13-29(26)40(32(27)22-24)25-10-6-9-23(21-25)33-31(15-7-18-35-33)39-20-8-19-36-39/h2-22H,1H3. The molecular weight excluding hydrogens is 492 g/mol. The van der Waals surface area contributed by atoms with Crippen molar-refractivity contribution >= 4 is 32.8 Å². The third-order valence-electron chi connectivity index (χ3n) is 7.63. The molecule has 0 saturated carbocycles. The van der Waals surface area contributed by atoms with Crippen molar-refractivity contribution in [1.29, 1.82) is 0 Å². The van der Waals surface area contributed by atoms with Gasteiger partial charge in [0.25, 0.3) is 0 Å². The summed E-state index contributed by atoms with van der Waals surface area (Å²) < 4.78 is 6.37. The molecule has 0 fully saturated rings. The lowest BCUT2D eigenvalue weighted by Gasteiger charge is -2.13. The van der Waals surface area contributed by atoms with E-state index < -0.39 is 0 Å². The predicted molar refractivity (Wildman–Crippen MR) is 161 cm³/mol. The van der Waals surface area contributed by atoms with Crippen LogP contribution in [0.15, 0.2) is 128 Å². The minimum absolute atomic E-state index is 0.884. The van der Waals surface area contributed by atoms with E-state index in [1.54, 1.807) is 6.20 Å². The summed E-state index contributed by atoms with van der Waals surface area (Å²) in [5, 5.41) is 6.88. The Bertz CT molecular complexity index is 2180. The highest BCUT2D eigenvalue weighted by molar-refractivity contribution is 6.10. The zero-order valence-electron chi connectivity index (χ0n) is 21.8. The van der Waals surface area contributed by atoms with Crippen LogP contribution in [0.1, 0.15) is 0 Å². The average molecular weight is 517 g/mol. The van der Waals surface area contributed by atoms with Gasteiger partial charge in [-0.3, -0.25) is 4.98 Å². The normalized spacial score (nSPS) is 11.6. The first-order valence-electron chi connectivity index (χ1n) is 13.3. The molecule has 0 aliphatic heterocycles. The second-order valence-corrected chi connectivity index (χ2v) is 9.94. The van der Waals surface area contributed by atoms with Crippen LogP contribution in [0.5, 0.6) is 0 Å². The van der Waals surface area contributed by atoms with E-state index >= 15 is 0 Å². The zero-order chi connectivity index (χ0) is 26.6. The van der Waals surface area contributed by atoms with E-state index in [2.05, 4.69) is 106 Å². The lowest BCUT2D eigenvalue weighted by Crippen LogP contribution is -2.00. The maximum absolute atomic E-state index is 4.97. The van der Waals surface area contributed by atoms with E-state index in [-0.39, 0.29) is 0 Å². The molecule has 0 bridgehead atoms. The van der Waals surface area contributed by atoms with E-state index in [1.807, 2.05) is 41.3 Å². The lowest BCUT2D eigenvalue weighted by atomic mass is 10.1. The summed E-state index contributed by atoms with van der Waals surface area (Å²) in [5.41, 5.74) is 9.42. The molecular formula is C34H24N6. The van der Waals surface area contributed by atoms with Crippen LogP contribution in [-0.4, -0.2) is 28.9 Å². The average Bonchev–Trinajstić information content (AvgIpc) is 3.74. The first kappa shape index (κ1) is 22.5. The Balaban J connectivity index is 1.36. The molecule has 6 nitrogen and oxygen atoms in total. The Kier molecular flexibility index (Phi) is 4.94. The van der Waals surface area contributed by atoms with Gasteiger partial charge in [0.05, 0.1) is 33.4 Å². The maximum Gasteiger partial charge on any atom is 0.140 e. The van der Waals surface area contributed by atoms with Gasteiger partial charge in [-0.2, -0.15) is 5.10 Å². The molecule has 8 aromatic rings. The number of rotatable bonds is 4. The molecule has 0 atom stereocenters. The minimum Gasteiger partial charge on any atom is -0.327 e. The molecule has 4 aromatic carbocycles. The van der Waals surface area contributed by atoms with Crippen LogP contribution in [0.3, 0.4) is 0 Å². The molecule has 0 amide bonds. The quantitative estimate of drug-likeness (QED) is 0.242. The van der Waals surface area contributed by atoms with Crippen molar-refractivity contribution in [3.63, 3.8) is 0 Å². The molecule has 0 N–H and O–H groups in total. The third-order valence-corrected chi connectivity index (χ3v) is 7.63. The SMILES string of the molecule is Cn1c(-c2ccc3c4ccccc4n(-c4cccc(-c5ncccc5-n5cccn5)c4)c3c2)nc2ccccc21. The Hall–Kier alpha value is -5.49. The van der Waals surface area contributed by atoms with Gasteiger partial charge >= 0.3 is 0 Å². The van der Waals surface area contributed by atoms with Crippen LogP contribution in [0.2, 0.25) is 0 Å². The summed E-state index contributed by atoms with van der Waals surface area (Å²) in [4.78, 5) is 9.73. The van der Waals surface area contributed by atoms with Crippen molar-refractivity contribution in [2.24, 2.45) is 7.05 Å². The molecule has 0 unspecified atom stereocenters. The van der Waals surface area contributed by atoms with Gasteiger partial charge in [-0.05, 0) is 54.6 Å². The fourth-order valence-corrected chi connectivity index (χ4v) is 5.80. The summed E-state index contributed by atoms with van der Waals surface area (Å²) >= 11 is 0. The summed E-state index contributed by atoms with van der Waals surface area (Å²) in [7, 11) is 2.08. The molecule has 0 spiro atoms. The number of benzene rings is 4. The van der Waals surface area contributed by atoms with Crippen LogP contribution in [0, 0.1) is 0 Å². The monoisotopic (exact) mass is 516 g/mol. The van der Waals surface area contributed by atoms with Gasteiger partial charge in [-0.25, -0.2) is 9.67 Å². The van der Waals surface area contributed by atoms with Gasteiger partial charge in [0.1, 0.15) is 5.82 Å². The highest BCUT2D eigenvalue weighted by Gasteiger charge is 2.17. The molecule has 0 aliphatic carbocycles. The van der Waals surface area contributed by atoms with E-state index in [1.165, 1.54) is 10.8 Å². The van der Waals surface area contributed by atoms with Crippen LogP contribution in [0.25, 0.3) is 66.9 Å². The van der Waals surface area contributed by atoms with Crippen LogP contribution in [-0.2, 0) is 7.05 Å². The Morgan fingerprint density at radius 2 is 1.48 bits per heavy atom. The fourth-order valence-electron chi connectivity index (χ4n) is 5.80. The van der Waals surface area contributed by atoms with Crippen molar-refractivity contribution in [3.05, 3.63) is 128 Å². The molecule has 6 heteroatoms. The van der Waals surface area contributed by atoms with Crippen molar-refractivity contribution in [2.75, 3.05) is 0 Å².